The van der Waals surface area contributed by atoms with Crippen LogP contribution in [-0.4, -0.2) is 40.9 Å². The van der Waals surface area contributed by atoms with Gasteiger partial charge in [0.2, 0.25) is 0 Å². The van der Waals surface area contributed by atoms with Gasteiger partial charge in [0.15, 0.2) is 12.4 Å². The van der Waals surface area contributed by atoms with E-state index in [1.807, 2.05) is 0 Å². The highest BCUT2D eigenvalue weighted by Crippen LogP contribution is 2.17. The molecule has 0 aromatic heterocycles. The maximum Gasteiger partial charge on any atom is 0.341 e. The van der Waals surface area contributed by atoms with E-state index in [1.165, 1.54) is 19.1 Å². The van der Waals surface area contributed by atoms with Crippen molar-refractivity contribution >= 4 is 33.7 Å². The van der Waals surface area contributed by atoms with Crippen molar-refractivity contribution in [3.05, 3.63) is 29.8 Å². The number of carbonyl (C=O) groups is 3. The van der Waals surface area contributed by atoms with Crippen molar-refractivity contribution in [1.29, 1.82) is 0 Å². The summed E-state index contributed by atoms with van der Waals surface area (Å²) in [7, 11) is 0. The van der Waals surface area contributed by atoms with E-state index in [2.05, 4.69) is 15.9 Å². The Balaban J connectivity index is 2.53. The standard InChI is InChI=1S/C14H15BrO6/c1-9(16)20-7-6-12(15)14(19)10-2-4-11(5-3-10)21-8-13(17)18/h2-5,12H,6-8H2,1H3,(H,17,18). The van der Waals surface area contributed by atoms with Gasteiger partial charge in [-0.3, -0.25) is 9.59 Å². The zero-order chi connectivity index (χ0) is 15.8. The van der Waals surface area contributed by atoms with Crippen molar-refractivity contribution in [3.8, 4) is 5.75 Å². The highest BCUT2D eigenvalue weighted by atomic mass is 79.9. The summed E-state index contributed by atoms with van der Waals surface area (Å²) in [5.74, 6) is -1.23. The molecule has 0 heterocycles. The summed E-state index contributed by atoms with van der Waals surface area (Å²) < 4.78 is 9.75. The van der Waals surface area contributed by atoms with Crippen molar-refractivity contribution in [2.45, 2.75) is 18.2 Å². The molecule has 1 unspecified atom stereocenters. The first-order chi connectivity index (χ1) is 9.90. The van der Waals surface area contributed by atoms with Crippen LogP contribution < -0.4 is 4.74 Å². The monoisotopic (exact) mass is 358 g/mol. The fourth-order valence-corrected chi connectivity index (χ4v) is 1.93. The third-order valence-corrected chi connectivity index (χ3v) is 3.34. The fraction of sp³-hybridized carbons (Fsp3) is 0.357. The minimum atomic E-state index is -1.07. The molecule has 1 aromatic carbocycles. The molecular weight excluding hydrogens is 344 g/mol. The number of ether oxygens (including phenoxy) is 2. The molecule has 0 aliphatic rings. The Kier molecular flexibility index (Phi) is 6.87. The zero-order valence-electron chi connectivity index (χ0n) is 11.4. The Labute approximate surface area is 130 Å². The van der Waals surface area contributed by atoms with E-state index in [0.29, 0.717) is 17.7 Å². The van der Waals surface area contributed by atoms with E-state index in [9.17, 15) is 14.4 Å². The van der Waals surface area contributed by atoms with Gasteiger partial charge in [0.25, 0.3) is 0 Å². The lowest BCUT2D eigenvalue weighted by molar-refractivity contribution is -0.141. The number of rotatable bonds is 8. The Morgan fingerprint density at radius 3 is 2.38 bits per heavy atom. The Morgan fingerprint density at radius 2 is 1.86 bits per heavy atom. The van der Waals surface area contributed by atoms with E-state index in [-0.39, 0.29) is 18.4 Å². The highest BCUT2D eigenvalue weighted by molar-refractivity contribution is 9.10. The first-order valence-electron chi connectivity index (χ1n) is 6.16. The lowest BCUT2D eigenvalue weighted by Gasteiger charge is -2.09. The molecule has 0 radical (unpaired) electrons. The van der Waals surface area contributed by atoms with Crippen molar-refractivity contribution in [1.82, 2.24) is 0 Å². The minimum Gasteiger partial charge on any atom is -0.482 e. The Hall–Kier alpha value is -1.89. The summed E-state index contributed by atoms with van der Waals surface area (Å²) in [5, 5.41) is 8.49. The molecule has 1 aromatic rings. The average Bonchev–Trinajstić information content (AvgIpc) is 2.44. The molecule has 1 atom stereocenters. The van der Waals surface area contributed by atoms with Gasteiger partial charge in [-0.1, -0.05) is 15.9 Å². The maximum absolute atomic E-state index is 12.1. The summed E-state index contributed by atoms with van der Waals surface area (Å²) in [5.41, 5.74) is 0.461. The molecule has 0 bridgehead atoms. The molecule has 0 spiro atoms. The smallest absolute Gasteiger partial charge is 0.341 e. The summed E-state index contributed by atoms with van der Waals surface area (Å²) >= 11 is 3.25. The molecule has 1 rings (SSSR count). The third-order valence-electron chi connectivity index (χ3n) is 2.46. The van der Waals surface area contributed by atoms with Gasteiger partial charge in [-0.05, 0) is 24.3 Å². The van der Waals surface area contributed by atoms with Crippen LogP contribution in [0.15, 0.2) is 24.3 Å². The van der Waals surface area contributed by atoms with Crippen molar-refractivity contribution in [2.75, 3.05) is 13.2 Å². The number of esters is 1. The van der Waals surface area contributed by atoms with Gasteiger partial charge >= 0.3 is 11.9 Å². The average molecular weight is 359 g/mol. The second-order valence-electron chi connectivity index (χ2n) is 4.17. The number of ketones is 1. The van der Waals surface area contributed by atoms with Crippen molar-refractivity contribution < 1.29 is 29.0 Å². The number of Topliss-reactive ketones (excluding diaryl/α,β-unsaturated/α-hetero) is 1. The summed E-state index contributed by atoms with van der Waals surface area (Å²) in [4.78, 5) is 32.6. The summed E-state index contributed by atoms with van der Waals surface area (Å²) in [6, 6.07) is 6.17. The van der Waals surface area contributed by atoms with E-state index in [0.717, 1.165) is 0 Å². The van der Waals surface area contributed by atoms with Gasteiger partial charge < -0.3 is 14.6 Å². The van der Waals surface area contributed by atoms with Crippen LogP contribution in [0, 0.1) is 0 Å². The van der Waals surface area contributed by atoms with E-state index >= 15 is 0 Å². The van der Waals surface area contributed by atoms with Crippen LogP contribution in [0.5, 0.6) is 5.75 Å². The van der Waals surface area contributed by atoms with Gasteiger partial charge in [-0.25, -0.2) is 4.79 Å². The van der Waals surface area contributed by atoms with Crippen LogP contribution in [0.4, 0.5) is 0 Å². The molecule has 114 valence electrons. The number of hydrogen-bond donors (Lipinski definition) is 1. The van der Waals surface area contributed by atoms with Crippen LogP contribution in [0.2, 0.25) is 0 Å². The number of alkyl halides is 1. The number of halogens is 1. The number of benzene rings is 1. The minimum absolute atomic E-state index is 0.146. The number of carboxylic acids is 1. The first-order valence-corrected chi connectivity index (χ1v) is 7.08. The molecule has 1 N–H and O–H groups in total. The molecule has 7 heteroatoms. The quantitative estimate of drug-likeness (QED) is 0.434. The van der Waals surface area contributed by atoms with Gasteiger partial charge in [0.1, 0.15) is 5.75 Å². The molecule has 6 nitrogen and oxygen atoms in total. The van der Waals surface area contributed by atoms with Gasteiger partial charge in [0.05, 0.1) is 11.4 Å². The van der Waals surface area contributed by atoms with Gasteiger partial charge in [0, 0.05) is 18.9 Å². The van der Waals surface area contributed by atoms with Gasteiger partial charge in [-0.2, -0.15) is 0 Å². The molecule has 0 saturated heterocycles. The lowest BCUT2D eigenvalue weighted by atomic mass is 10.1. The largest absolute Gasteiger partial charge is 0.482 e. The Morgan fingerprint density at radius 1 is 1.24 bits per heavy atom. The van der Waals surface area contributed by atoms with Crippen LogP contribution >= 0.6 is 15.9 Å². The molecule has 0 aliphatic heterocycles. The predicted octanol–water partition coefficient (Wildman–Crippen LogP) is 2.05. The zero-order valence-corrected chi connectivity index (χ0v) is 13.0. The molecule has 0 aliphatic carbocycles. The molecule has 0 saturated carbocycles. The molecule has 0 fully saturated rings. The van der Waals surface area contributed by atoms with Crippen molar-refractivity contribution in [3.63, 3.8) is 0 Å². The summed E-state index contributed by atoms with van der Waals surface area (Å²) in [6.45, 7) is 1.04. The highest BCUT2D eigenvalue weighted by Gasteiger charge is 2.17. The fourth-order valence-electron chi connectivity index (χ4n) is 1.48. The third kappa shape index (κ3) is 6.40. The SMILES string of the molecule is CC(=O)OCCC(Br)C(=O)c1ccc(OCC(=O)O)cc1. The molecule has 21 heavy (non-hydrogen) atoms. The second kappa shape index (κ2) is 8.41. The number of aliphatic carboxylic acids is 1. The van der Waals surface area contributed by atoms with E-state index < -0.39 is 17.4 Å². The summed E-state index contributed by atoms with van der Waals surface area (Å²) in [6.07, 6.45) is 0.371. The van der Waals surface area contributed by atoms with Crippen LogP contribution in [0.3, 0.4) is 0 Å². The van der Waals surface area contributed by atoms with Gasteiger partial charge in [-0.15, -0.1) is 0 Å². The molecule has 0 amide bonds. The number of hydrogen-bond acceptors (Lipinski definition) is 5. The van der Waals surface area contributed by atoms with E-state index in [4.69, 9.17) is 14.6 Å². The topological polar surface area (TPSA) is 89.9 Å². The van der Waals surface area contributed by atoms with E-state index in [1.54, 1.807) is 12.1 Å². The van der Waals surface area contributed by atoms with Crippen LogP contribution in [0.1, 0.15) is 23.7 Å². The number of carbonyl (C=O) groups excluding carboxylic acids is 2. The lowest BCUT2D eigenvalue weighted by Crippen LogP contribution is -2.17. The van der Waals surface area contributed by atoms with Crippen molar-refractivity contribution in [2.24, 2.45) is 0 Å². The molecular formula is C14H15BrO6. The maximum atomic E-state index is 12.1. The first kappa shape index (κ1) is 17.2. The van der Waals surface area contributed by atoms with Crippen LogP contribution in [-0.2, 0) is 14.3 Å². The second-order valence-corrected chi connectivity index (χ2v) is 5.27. The Bertz CT molecular complexity index is 511. The normalized spacial score (nSPS) is 11.5. The number of carboxylic acid groups (broad SMARTS) is 1. The van der Waals surface area contributed by atoms with Crippen LogP contribution in [0.25, 0.3) is 0 Å². The predicted molar refractivity (Wildman–Crippen MR) is 77.9 cm³/mol.